The van der Waals surface area contributed by atoms with Crippen LogP contribution in [0.1, 0.15) is 11.1 Å². The molecule has 1 saturated heterocycles. The number of nitrogens with zero attached hydrogens (tertiary/aromatic N) is 2. The van der Waals surface area contributed by atoms with E-state index >= 15 is 0 Å². The molecule has 0 aromatic heterocycles. The van der Waals surface area contributed by atoms with E-state index < -0.39 is 0 Å². The quantitative estimate of drug-likeness (QED) is 0.781. The second kappa shape index (κ2) is 7.05. The SMILES string of the molecule is Cc1ccccc1COC(=O)N1CCN(CC=O)CC1. The summed E-state index contributed by atoms with van der Waals surface area (Å²) in [6.45, 7) is 5.41. The minimum absolute atomic E-state index is 0.279. The van der Waals surface area contributed by atoms with Crippen molar-refractivity contribution in [3.63, 3.8) is 0 Å². The first-order chi connectivity index (χ1) is 9.70. The van der Waals surface area contributed by atoms with Crippen LogP contribution in [0.25, 0.3) is 0 Å². The van der Waals surface area contributed by atoms with E-state index in [0.29, 0.717) is 26.2 Å². The second-order valence-corrected chi connectivity index (χ2v) is 4.94. The molecule has 5 nitrogen and oxygen atoms in total. The predicted octanol–water partition coefficient (Wildman–Crippen LogP) is 1.45. The van der Waals surface area contributed by atoms with E-state index in [2.05, 4.69) is 0 Å². The number of aryl methyl sites for hydroxylation is 1. The van der Waals surface area contributed by atoms with Crippen molar-refractivity contribution in [3.05, 3.63) is 35.4 Å². The lowest BCUT2D eigenvalue weighted by Crippen LogP contribution is -2.49. The number of hydrogen-bond donors (Lipinski definition) is 0. The molecule has 5 heteroatoms. The van der Waals surface area contributed by atoms with Crippen LogP contribution in [0.4, 0.5) is 4.79 Å². The van der Waals surface area contributed by atoms with Crippen molar-refractivity contribution >= 4 is 12.4 Å². The molecule has 1 aliphatic rings. The molecular weight excluding hydrogens is 256 g/mol. The Morgan fingerprint density at radius 1 is 1.25 bits per heavy atom. The lowest BCUT2D eigenvalue weighted by molar-refractivity contribution is -0.109. The molecule has 0 bridgehead atoms. The number of hydrogen-bond acceptors (Lipinski definition) is 4. The molecule has 0 atom stereocenters. The van der Waals surface area contributed by atoms with Gasteiger partial charge < -0.3 is 14.4 Å². The lowest BCUT2D eigenvalue weighted by Gasteiger charge is -2.32. The fraction of sp³-hybridized carbons (Fsp3) is 0.467. The second-order valence-electron chi connectivity index (χ2n) is 4.94. The van der Waals surface area contributed by atoms with Crippen molar-refractivity contribution < 1.29 is 14.3 Å². The molecule has 0 unspecified atom stereocenters. The molecule has 20 heavy (non-hydrogen) atoms. The van der Waals surface area contributed by atoms with Gasteiger partial charge in [0.15, 0.2) is 0 Å². The fourth-order valence-electron chi connectivity index (χ4n) is 2.22. The molecule has 2 rings (SSSR count). The molecule has 0 spiro atoms. The van der Waals surface area contributed by atoms with Crippen LogP contribution < -0.4 is 0 Å². The van der Waals surface area contributed by atoms with Crippen LogP contribution >= 0.6 is 0 Å². The molecule has 1 fully saturated rings. The molecule has 0 N–H and O–H groups in total. The van der Waals surface area contributed by atoms with E-state index in [9.17, 15) is 9.59 Å². The van der Waals surface area contributed by atoms with Gasteiger partial charge in [-0.25, -0.2) is 4.79 Å². The van der Waals surface area contributed by atoms with Crippen LogP contribution in [0.2, 0.25) is 0 Å². The normalized spacial score (nSPS) is 15.9. The number of carbonyl (C=O) groups excluding carboxylic acids is 2. The summed E-state index contributed by atoms with van der Waals surface area (Å²) in [5.74, 6) is 0. The largest absolute Gasteiger partial charge is 0.445 e. The molecule has 1 aromatic rings. The predicted molar refractivity (Wildman–Crippen MR) is 75.4 cm³/mol. The Bertz CT molecular complexity index is 468. The van der Waals surface area contributed by atoms with Gasteiger partial charge in [0.25, 0.3) is 0 Å². The van der Waals surface area contributed by atoms with Crippen molar-refractivity contribution in [1.29, 1.82) is 0 Å². The average molecular weight is 276 g/mol. The van der Waals surface area contributed by atoms with Crippen LogP contribution in [0, 0.1) is 6.92 Å². The summed E-state index contributed by atoms with van der Waals surface area (Å²) < 4.78 is 5.34. The summed E-state index contributed by atoms with van der Waals surface area (Å²) in [6, 6.07) is 7.87. The van der Waals surface area contributed by atoms with Gasteiger partial charge in [0.05, 0.1) is 6.54 Å². The summed E-state index contributed by atoms with van der Waals surface area (Å²) in [6.07, 6.45) is 0.616. The Labute approximate surface area is 119 Å². The minimum atomic E-state index is -0.279. The zero-order chi connectivity index (χ0) is 14.4. The first-order valence-corrected chi connectivity index (χ1v) is 6.83. The Morgan fingerprint density at radius 2 is 1.95 bits per heavy atom. The molecule has 108 valence electrons. The number of benzene rings is 1. The van der Waals surface area contributed by atoms with Gasteiger partial charge in [-0.2, -0.15) is 0 Å². The third-order valence-electron chi connectivity index (χ3n) is 3.58. The molecule has 1 aromatic carbocycles. The number of ether oxygens (including phenoxy) is 1. The number of aldehydes is 1. The van der Waals surface area contributed by atoms with Crippen molar-refractivity contribution in [1.82, 2.24) is 9.80 Å². The van der Waals surface area contributed by atoms with Gasteiger partial charge >= 0.3 is 6.09 Å². The molecule has 1 amide bonds. The third-order valence-corrected chi connectivity index (χ3v) is 3.58. The number of amides is 1. The van der Waals surface area contributed by atoms with Crippen LogP contribution in [0.3, 0.4) is 0 Å². The maximum atomic E-state index is 12.0. The molecule has 1 aliphatic heterocycles. The summed E-state index contributed by atoms with van der Waals surface area (Å²) in [5, 5.41) is 0. The number of piperazine rings is 1. The van der Waals surface area contributed by atoms with Crippen LogP contribution in [-0.2, 0) is 16.1 Å². The van der Waals surface area contributed by atoms with Gasteiger partial charge in [-0.1, -0.05) is 24.3 Å². The highest BCUT2D eigenvalue weighted by atomic mass is 16.6. The van der Waals surface area contributed by atoms with Crippen LogP contribution in [-0.4, -0.2) is 54.9 Å². The highest BCUT2D eigenvalue weighted by molar-refractivity contribution is 5.67. The van der Waals surface area contributed by atoms with E-state index in [-0.39, 0.29) is 6.09 Å². The van der Waals surface area contributed by atoms with E-state index in [0.717, 1.165) is 30.5 Å². The maximum Gasteiger partial charge on any atom is 0.410 e. The maximum absolute atomic E-state index is 12.0. The topological polar surface area (TPSA) is 49.9 Å². The Morgan fingerprint density at radius 3 is 2.60 bits per heavy atom. The Kier molecular flexibility index (Phi) is 5.12. The van der Waals surface area contributed by atoms with Crippen molar-refractivity contribution in [3.8, 4) is 0 Å². The van der Waals surface area contributed by atoms with E-state index in [1.165, 1.54) is 0 Å². The Hall–Kier alpha value is -1.88. The fourth-order valence-corrected chi connectivity index (χ4v) is 2.22. The number of rotatable bonds is 4. The van der Waals surface area contributed by atoms with Crippen LogP contribution in [0.5, 0.6) is 0 Å². The van der Waals surface area contributed by atoms with Gasteiger partial charge in [0, 0.05) is 26.2 Å². The zero-order valence-corrected chi connectivity index (χ0v) is 11.7. The van der Waals surface area contributed by atoms with Crippen molar-refractivity contribution in [2.24, 2.45) is 0 Å². The molecular formula is C15H20N2O3. The Balaban J connectivity index is 1.79. The summed E-state index contributed by atoms with van der Waals surface area (Å²) >= 11 is 0. The lowest BCUT2D eigenvalue weighted by atomic mass is 10.1. The zero-order valence-electron chi connectivity index (χ0n) is 11.7. The van der Waals surface area contributed by atoms with Crippen LogP contribution in [0.15, 0.2) is 24.3 Å². The van der Waals surface area contributed by atoms with Gasteiger partial charge in [0.2, 0.25) is 0 Å². The van der Waals surface area contributed by atoms with Gasteiger partial charge in [0.1, 0.15) is 12.9 Å². The first kappa shape index (κ1) is 14.5. The molecule has 0 radical (unpaired) electrons. The minimum Gasteiger partial charge on any atom is -0.445 e. The van der Waals surface area contributed by atoms with E-state index in [1.807, 2.05) is 36.1 Å². The van der Waals surface area contributed by atoms with Gasteiger partial charge in [-0.05, 0) is 18.1 Å². The summed E-state index contributed by atoms with van der Waals surface area (Å²) in [4.78, 5) is 26.1. The van der Waals surface area contributed by atoms with E-state index in [1.54, 1.807) is 4.90 Å². The van der Waals surface area contributed by atoms with Crippen molar-refractivity contribution in [2.75, 3.05) is 32.7 Å². The standard InChI is InChI=1S/C15H20N2O3/c1-13-4-2-3-5-14(13)12-20-15(19)17-8-6-16(7-9-17)10-11-18/h2-5,11H,6-10,12H2,1H3. The smallest absolute Gasteiger partial charge is 0.410 e. The molecule has 0 saturated carbocycles. The highest BCUT2D eigenvalue weighted by Gasteiger charge is 2.21. The first-order valence-electron chi connectivity index (χ1n) is 6.83. The number of carbonyl (C=O) groups is 2. The third kappa shape index (κ3) is 3.81. The van der Waals surface area contributed by atoms with Gasteiger partial charge in [-0.15, -0.1) is 0 Å². The van der Waals surface area contributed by atoms with Gasteiger partial charge in [-0.3, -0.25) is 4.90 Å². The summed E-state index contributed by atoms with van der Waals surface area (Å²) in [7, 11) is 0. The average Bonchev–Trinajstić information content (AvgIpc) is 2.47. The summed E-state index contributed by atoms with van der Waals surface area (Å²) in [5.41, 5.74) is 2.15. The van der Waals surface area contributed by atoms with E-state index in [4.69, 9.17) is 4.74 Å². The highest BCUT2D eigenvalue weighted by Crippen LogP contribution is 2.10. The molecule has 1 heterocycles. The monoisotopic (exact) mass is 276 g/mol. The van der Waals surface area contributed by atoms with Crippen molar-refractivity contribution in [2.45, 2.75) is 13.5 Å². The molecule has 0 aliphatic carbocycles.